The highest BCUT2D eigenvalue weighted by Gasteiger charge is 2.10. The number of nitrogens with zero attached hydrogens (tertiary/aromatic N) is 3. The first-order valence-corrected chi connectivity index (χ1v) is 7.09. The second kappa shape index (κ2) is 4.75. The Hall–Kier alpha value is -1.31. The van der Waals surface area contributed by atoms with E-state index in [0.29, 0.717) is 12.2 Å². The van der Waals surface area contributed by atoms with Gasteiger partial charge in [-0.05, 0) is 28.5 Å². The minimum Gasteiger partial charge on any atom is -0.335 e. The van der Waals surface area contributed by atoms with E-state index in [4.69, 9.17) is 5.73 Å². The van der Waals surface area contributed by atoms with Crippen molar-refractivity contribution in [2.45, 2.75) is 6.42 Å². The molecule has 18 heavy (non-hydrogen) atoms. The first-order valence-electron chi connectivity index (χ1n) is 5.42. The first kappa shape index (κ1) is 11.8. The zero-order chi connectivity index (χ0) is 12.5. The van der Waals surface area contributed by atoms with Crippen molar-refractivity contribution < 1.29 is 0 Å². The summed E-state index contributed by atoms with van der Waals surface area (Å²) in [5.41, 5.74) is 7.95. The number of fused-ring (bicyclic) bond motifs is 1. The number of nitrogens with one attached hydrogen (secondary N) is 1. The molecule has 3 heterocycles. The fourth-order valence-electron chi connectivity index (χ4n) is 1.65. The van der Waals surface area contributed by atoms with E-state index in [1.54, 1.807) is 17.5 Å². The molecule has 3 N–H and O–H groups in total. The van der Waals surface area contributed by atoms with Gasteiger partial charge in [-0.25, -0.2) is 15.0 Å². The molecule has 0 saturated heterocycles. The highest BCUT2D eigenvalue weighted by molar-refractivity contribution is 9.10. The maximum atomic E-state index is 5.51. The lowest BCUT2D eigenvalue weighted by molar-refractivity contribution is 0.953. The van der Waals surface area contributed by atoms with Gasteiger partial charge in [-0.2, -0.15) is 0 Å². The molecular formula is C11H10BrN5S. The number of rotatable bonds is 3. The number of imidazole rings is 1. The molecule has 7 heteroatoms. The van der Waals surface area contributed by atoms with Crippen LogP contribution in [0.1, 0.15) is 5.01 Å². The van der Waals surface area contributed by atoms with Gasteiger partial charge in [0.15, 0.2) is 11.5 Å². The zero-order valence-electron chi connectivity index (χ0n) is 9.35. The van der Waals surface area contributed by atoms with Crippen molar-refractivity contribution in [3.05, 3.63) is 27.1 Å². The van der Waals surface area contributed by atoms with Crippen molar-refractivity contribution >= 4 is 38.4 Å². The number of hydrogen-bond donors (Lipinski definition) is 2. The van der Waals surface area contributed by atoms with Crippen LogP contribution in [0.5, 0.6) is 0 Å². The van der Waals surface area contributed by atoms with E-state index in [1.807, 2.05) is 11.4 Å². The Kier molecular flexibility index (Phi) is 3.11. The summed E-state index contributed by atoms with van der Waals surface area (Å²) in [7, 11) is 0. The van der Waals surface area contributed by atoms with Crippen LogP contribution in [0.15, 0.2) is 22.1 Å². The van der Waals surface area contributed by atoms with E-state index in [0.717, 1.165) is 32.9 Å². The molecular weight excluding hydrogens is 314 g/mol. The normalized spacial score (nSPS) is 11.2. The predicted octanol–water partition coefficient (Wildman–Crippen LogP) is 2.35. The van der Waals surface area contributed by atoms with Crippen LogP contribution in [0.4, 0.5) is 0 Å². The fourth-order valence-corrected chi connectivity index (χ4v) is 2.78. The van der Waals surface area contributed by atoms with Gasteiger partial charge in [-0.3, -0.25) is 0 Å². The van der Waals surface area contributed by atoms with Crippen molar-refractivity contribution in [2.75, 3.05) is 6.54 Å². The SMILES string of the molecule is NCCc1nc(-c2nc3ncc(Br)cc3[nH]2)cs1. The average Bonchev–Trinajstić information content (AvgIpc) is 2.94. The van der Waals surface area contributed by atoms with E-state index in [1.165, 1.54) is 0 Å². The molecule has 0 spiro atoms. The predicted molar refractivity (Wildman–Crippen MR) is 75.5 cm³/mol. The summed E-state index contributed by atoms with van der Waals surface area (Å²) >= 11 is 4.99. The number of H-pyrrole nitrogens is 1. The number of thiazole rings is 1. The lowest BCUT2D eigenvalue weighted by atomic mass is 10.4. The van der Waals surface area contributed by atoms with Gasteiger partial charge in [-0.1, -0.05) is 0 Å². The molecule has 5 nitrogen and oxygen atoms in total. The van der Waals surface area contributed by atoms with Crippen molar-refractivity contribution in [2.24, 2.45) is 5.73 Å². The molecule has 3 aromatic heterocycles. The number of pyridine rings is 1. The Morgan fingerprint density at radius 2 is 2.28 bits per heavy atom. The zero-order valence-corrected chi connectivity index (χ0v) is 11.8. The standard InChI is InChI=1S/C11H10BrN5S/c12-6-3-7-10(14-4-6)17-11(16-7)8-5-18-9(15-8)1-2-13/h3-5H,1-2,13H2,(H,14,16,17). The van der Waals surface area contributed by atoms with E-state index in [-0.39, 0.29) is 0 Å². The van der Waals surface area contributed by atoms with Gasteiger partial charge < -0.3 is 10.7 Å². The van der Waals surface area contributed by atoms with Crippen LogP contribution in [-0.4, -0.2) is 26.5 Å². The first-order chi connectivity index (χ1) is 8.76. The maximum Gasteiger partial charge on any atom is 0.178 e. The lowest BCUT2D eigenvalue weighted by Crippen LogP contribution is -2.02. The Morgan fingerprint density at radius 3 is 3.11 bits per heavy atom. The number of halogens is 1. The molecule has 0 fully saturated rings. The van der Waals surface area contributed by atoms with Gasteiger partial charge in [0.2, 0.25) is 0 Å². The molecule has 0 radical (unpaired) electrons. The summed E-state index contributed by atoms with van der Waals surface area (Å²) in [6.45, 7) is 0.613. The van der Waals surface area contributed by atoms with Gasteiger partial charge in [-0.15, -0.1) is 11.3 Å². The molecule has 0 aliphatic carbocycles. The summed E-state index contributed by atoms with van der Waals surface area (Å²) in [5, 5.41) is 3.01. The number of aromatic nitrogens is 4. The minimum atomic E-state index is 0.613. The van der Waals surface area contributed by atoms with E-state index >= 15 is 0 Å². The van der Waals surface area contributed by atoms with Crippen LogP contribution < -0.4 is 5.73 Å². The fraction of sp³-hybridized carbons (Fsp3) is 0.182. The monoisotopic (exact) mass is 323 g/mol. The third-order valence-corrected chi connectivity index (χ3v) is 3.80. The van der Waals surface area contributed by atoms with Crippen LogP contribution in [0.25, 0.3) is 22.7 Å². The topological polar surface area (TPSA) is 80.5 Å². The smallest absolute Gasteiger partial charge is 0.178 e. The Labute approximate surface area is 116 Å². The highest BCUT2D eigenvalue weighted by Crippen LogP contribution is 2.23. The Balaban J connectivity index is 2.02. The summed E-state index contributed by atoms with van der Waals surface area (Å²) in [5.74, 6) is 0.745. The maximum absolute atomic E-state index is 5.51. The Bertz CT molecular complexity index is 690. The molecule has 0 aromatic carbocycles. The van der Waals surface area contributed by atoms with Gasteiger partial charge in [0.1, 0.15) is 5.69 Å². The van der Waals surface area contributed by atoms with Gasteiger partial charge in [0.25, 0.3) is 0 Å². The molecule has 0 aliphatic rings. The van der Waals surface area contributed by atoms with Crippen LogP contribution in [0.2, 0.25) is 0 Å². The van der Waals surface area contributed by atoms with Crippen LogP contribution in [0, 0.1) is 0 Å². The third-order valence-electron chi connectivity index (χ3n) is 2.46. The molecule has 92 valence electrons. The van der Waals surface area contributed by atoms with Gasteiger partial charge >= 0.3 is 0 Å². The highest BCUT2D eigenvalue weighted by atomic mass is 79.9. The quantitative estimate of drug-likeness (QED) is 0.775. The molecule has 0 atom stereocenters. The lowest BCUT2D eigenvalue weighted by Gasteiger charge is -1.89. The Morgan fingerprint density at radius 1 is 1.39 bits per heavy atom. The minimum absolute atomic E-state index is 0.613. The van der Waals surface area contributed by atoms with Crippen LogP contribution >= 0.6 is 27.3 Å². The number of nitrogens with two attached hydrogens (primary N) is 1. The van der Waals surface area contributed by atoms with E-state index in [2.05, 4.69) is 35.9 Å². The number of hydrogen-bond acceptors (Lipinski definition) is 5. The van der Waals surface area contributed by atoms with Crippen LogP contribution in [0.3, 0.4) is 0 Å². The molecule has 3 rings (SSSR count). The molecule has 0 amide bonds. The second-order valence-electron chi connectivity index (χ2n) is 3.78. The largest absolute Gasteiger partial charge is 0.335 e. The average molecular weight is 324 g/mol. The molecule has 0 bridgehead atoms. The van der Waals surface area contributed by atoms with E-state index in [9.17, 15) is 0 Å². The van der Waals surface area contributed by atoms with Crippen molar-refractivity contribution in [3.8, 4) is 11.5 Å². The summed E-state index contributed by atoms with van der Waals surface area (Å²) < 4.78 is 0.923. The summed E-state index contributed by atoms with van der Waals surface area (Å²) in [4.78, 5) is 16.4. The van der Waals surface area contributed by atoms with Crippen molar-refractivity contribution in [1.29, 1.82) is 0 Å². The summed E-state index contributed by atoms with van der Waals surface area (Å²) in [6.07, 6.45) is 2.53. The third kappa shape index (κ3) is 2.16. The van der Waals surface area contributed by atoms with Crippen molar-refractivity contribution in [1.82, 2.24) is 19.9 Å². The van der Waals surface area contributed by atoms with Gasteiger partial charge in [0, 0.05) is 22.5 Å². The van der Waals surface area contributed by atoms with Crippen molar-refractivity contribution in [3.63, 3.8) is 0 Å². The molecule has 3 aromatic rings. The van der Waals surface area contributed by atoms with Gasteiger partial charge in [0.05, 0.1) is 10.5 Å². The number of aromatic amines is 1. The summed E-state index contributed by atoms with van der Waals surface area (Å²) in [6, 6.07) is 1.95. The molecule has 0 unspecified atom stereocenters. The molecule has 0 saturated carbocycles. The van der Waals surface area contributed by atoms with E-state index < -0.39 is 0 Å². The van der Waals surface area contributed by atoms with Crippen LogP contribution in [-0.2, 0) is 6.42 Å². The molecule has 0 aliphatic heterocycles. The second-order valence-corrected chi connectivity index (χ2v) is 5.63.